The van der Waals surface area contributed by atoms with Crippen molar-refractivity contribution in [1.29, 1.82) is 0 Å². The zero-order valence-electron chi connectivity index (χ0n) is 11.0. The van der Waals surface area contributed by atoms with Gasteiger partial charge in [-0.25, -0.2) is 0 Å². The number of ketones is 1. The highest BCUT2D eigenvalue weighted by molar-refractivity contribution is 7.12. The fourth-order valence-electron chi connectivity index (χ4n) is 2.00. The molecule has 1 heterocycles. The molecule has 0 radical (unpaired) electrons. The van der Waals surface area contributed by atoms with E-state index in [2.05, 4.69) is 0 Å². The summed E-state index contributed by atoms with van der Waals surface area (Å²) in [5.41, 5.74) is 2.48. The minimum atomic E-state index is 0.0393. The van der Waals surface area contributed by atoms with Gasteiger partial charge in [0.05, 0.1) is 12.7 Å². The quantitative estimate of drug-likeness (QED) is 0.782. The number of benzene rings is 1. The Hall–Kier alpha value is -1.61. The van der Waals surface area contributed by atoms with Gasteiger partial charge in [0.25, 0.3) is 0 Å². The van der Waals surface area contributed by atoms with Crippen LogP contribution in [0.2, 0.25) is 0 Å². The van der Waals surface area contributed by atoms with Gasteiger partial charge in [-0.05, 0) is 39.0 Å². The lowest BCUT2D eigenvalue weighted by molar-refractivity contribution is 0.103. The van der Waals surface area contributed by atoms with Crippen LogP contribution in [0.15, 0.2) is 24.3 Å². The van der Waals surface area contributed by atoms with Crippen molar-refractivity contribution < 1.29 is 9.53 Å². The first-order valence-corrected chi connectivity index (χ1v) is 6.61. The Morgan fingerprint density at radius 3 is 2.39 bits per heavy atom. The number of ether oxygens (including phenoxy) is 1. The Morgan fingerprint density at radius 2 is 1.83 bits per heavy atom. The second kappa shape index (κ2) is 4.94. The normalized spacial score (nSPS) is 10.4. The molecule has 94 valence electrons. The van der Waals surface area contributed by atoms with Gasteiger partial charge in [0, 0.05) is 15.3 Å². The van der Waals surface area contributed by atoms with Crippen molar-refractivity contribution in [3.63, 3.8) is 0 Å². The average molecular weight is 260 g/mol. The highest BCUT2D eigenvalue weighted by atomic mass is 32.1. The molecule has 0 amide bonds. The van der Waals surface area contributed by atoms with Crippen LogP contribution in [0.25, 0.3) is 0 Å². The van der Waals surface area contributed by atoms with Crippen molar-refractivity contribution in [2.24, 2.45) is 0 Å². The van der Waals surface area contributed by atoms with Crippen LogP contribution in [0.3, 0.4) is 0 Å². The summed E-state index contributed by atoms with van der Waals surface area (Å²) in [5.74, 6) is 0.672. The van der Waals surface area contributed by atoms with Crippen molar-refractivity contribution in [2.45, 2.75) is 20.8 Å². The monoisotopic (exact) mass is 260 g/mol. The maximum atomic E-state index is 12.5. The molecule has 0 N–H and O–H groups in total. The third-order valence-electron chi connectivity index (χ3n) is 2.89. The predicted octanol–water partition coefficient (Wildman–Crippen LogP) is 3.91. The van der Waals surface area contributed by atoms with E-state index < -0.39 is 0 Å². The van der Waals surface area contributed by atoms with E-state index in [1.807, 2.05) is 45.0 Å². The Balaban J connectivity index is 2.51. The summed E-state index contributed by atoms with van der Waals surface area (Å²) in [4.78, 5) is 14.8. The molecule has 0 saturated heterocycles. The molecule has 0 saturated carbocycles. The van der Waals surface area contributed by atoms with Gasteiger partial charge in [-0.15, -0.1) is 11.3 Å². The van der Waals surface area contributed by atoms with E-state index in [0.29, 0.717) is 11.3 Å². The van der Waals surface area contributed by atoms with Gasteiger partial charge < -0.3 is 4.74 Å². The second-order valence-corrected chi connectivity index (χ2v) is 5.82. The molecule has 0 spiro atoms. The molecule has 0 bridgehead atoms. The molecule has 2 nitrogen and oxygen atoms in total. The summed E-state index contributed by atoms with van der Waals surface area (Å²) >= 11 is 1.65. The van der Waals surface area contributed by atoms with Crippen LogP contribution in [0.5, 0.6) is 5.75 Å². The molecular weight excluding hydrogens is 244 g/mol. The zero-order chi connectivity index (χ0) is 13.3. The molecule has 3 heteroatoms. The van der Waals surface area contributed by atoms with Crippen LogP contribution >= 0.6 is 11.3 Å². The molecule has 0 aliphatic rings. The Bertz CT molecular complexity index is 597. The van der Waals surface area contributed by atoms with Crippen LogP contribution in [0.1, 0.15) is 31.2 Å². The van der Waals surface area contributed by atoms with Crippen LogP contribution in [0, 0.1) is 20.8 Å². The van der Waals surface area contributed by atoms with Crippen LogP contribution in [0.4, 0.5) is 0 Å². The summed E-state index contributed by atoms with van der Waals surface area (Å²) in [6.07, 6.45) is 0. The average Bonchev–Trinajstić information content (AvgIpc) is 2.67. The first-order valence-electron chi connectivity index (χ1n) is 5.79. The number of hydrogen-bond acceptors (Lipinski definition) is 3. The fourth-order valence-corrected chi connectivity index (χ4v) is 2.92. The molecular formula is C15H16O2S. The standard InChI is InChI=1S/C15H16O2S/c1-9-5-6-14(17-4)13(7-9)15(16)12-8-10(2)18-11(12)3/h5-8H,1-4H3. The van der Waals surface area contributed by atoms with Crippen molar-refractivity contribution in [3.05, 3.63) is 50.7 Å². The summed E-state index contributed by atoms with van der Waals surface area (Å²) in [5, 5.41) is 0. The number of rotatable bonds is 3. The van der Waals surface area contributed by atoms with E-state index in [0.717, 1.165) is 20.9 Å². The molecule has 0 aliphatic heterocycles. The number of methoxy groups -OCH3 is 1. The van der Waals surface area contributed by atoms with Crippen LogP contribution in [-0.2, 0) is 0 Å². The van der Waals surface area contributed by atoms with Gasteiger partial charge in [0.15, 0.2) is 5.78 Å². The molecule has 0 fully saturated rings. The minimum Gasteiger partial charge on any atom is -0.496 e. The van der Waals surface area contributed by atoms with Crippen LogP contribution in [-0.4, -0.2) is 12.9 Å². The third-order valence-corrected chi connectivity index (χ3v) is 3.85. The molecule has 2 rings (SSSR count). The maximum absolute atomic E-state index is 12.5. The summed E-state index contributed by atoms with van der Waals surface area (Å²) in [6, 6.07) is 7.62. The number of aryl methyl sites for hydroxylation is 3. The lowest BCUT2D eigenvalue weighted by Crippen LogP contribution is -2.04. The Labute approximate surface area is 111 Å². The van der Waals surface area contributed by atoms with E-state index in [1.165, 1.54) is 0 Å². The zero-order valence-corrected chi connectivity index (χ0v) is 11.9. The number of carbonyl (C=O) groups is 1. The second-order valence-electron chi connectivity index (χ2n) is 4.36. The number of thiophene rings is 1. The molecule has 0 atom stereocenters. The van der Waals surface area contributed by atoms with Gasteiger partial charge in [0.2, 0.25) is 0 Å². The highest BCUT2D eigenvalue weighted by Crippen LogP contribution is 2.27. The topological polar surface area (TPSA) is 26.3 Å². The minimum absolute atomic E-state index is 0.0393. The van der Waals surface area contributed by atoms with Crippen molar-refractivity contribution in [2.75, 3.05) is 7.11 Å². The molecule has 0 unspecified atom stereocenters. The van der Waals surface area contributed by atoms with E-state index in [9.17, 15) is 4.79 Å². The van der Waals surface area contributed by atoms with Crippen molar-refractivity contribution in [1.82, 2.24) is 0 Å². The van der Waals surface area contributed by atoms with Crippen molar-refractivity contribution >= 4 is 17.1 Å². The third kappa shape index (κ3) is 2.31. The number of carbonyl (C=O) groups excluding carboxylic acids is 1. The largest absolute Gasteiger partial charge is 0.496 e. The van der Waals surface area contributed by atoms with E-state index in [1.54, 1.807) is 18.4 Å². The molecule has 2 aromatic rings. The molecule has 18 heavy (non-hydrogen) atoms. The lowest BCUT2D eigenvalue weighted by atomic mass is 10.0. The maximum Gasteiger partial charge on any atom is 0.197 e. The Kier molecular flexibility index (Phi) is 3.53. The predicted molar refractivity (Wildman–Crippen MR) is 75.0 cm³/mol. The molecule has 1 aromatic carbocycles. The van der Waals surface area contributed by atoms with E-state index in [4.69, 9.17) is 4.74 Å². The van der Waals surface area contributed by atoms with Crippen molar-refractivity contribution in [3.8, 4) is 5.75 Å². The van der Waals surface area contributed by atoms with Gasteiger partial charge in [-0.2, -0.15) is 0 Å². The lowest BCUT2D eigenvalue weighted by Gasteiger charge is -2.08. The van der Waals surface area contributed by atoms with Gasteiger partial charge in [-0.1, -0.05) is 11.6 Å². The van der Waals surface area contributed by atoms with E-state index in [-0.39, 0.29) is 5.78 Å². The first-order chi connectivity index (χ1) is 8.52. The fraction of sp³-hybridized carbons (Fsp3) is 0.267. The van der Waals surface area contributed by atoms with Gasteiger partial charge in [-0.3, -0.25) is 4.79 Å². The van der Waals surface area contributed by atoms with E-state index >= 15 is 0 Å². The van der Waals surface area contributed by atoms with Gasteiger partial charge >= 0.3 is 0 Å². The SMILES string of the molecule is COc1ccc(C)cc1C(=O)c1cc(C)sc1C. The summed E-state index contributed by atoms with van der Waals surface area (Å²) in [7, 11) is 1.59. The molecule has 0 aliphatic carbocycles. The smallest absolute Gasteiger partial charge is 0.197 e. The number of hydrogen-bond donors (Lipinski definition) is 0. The highest BCUT2D eigenvalue weighted by Gasteiger charge is 2.18. The molecule has 1 aromatic heterocycles. The first kappa shape index (κ1) is 12.8. The summed E-state index contributed by atoms with van der Waals surface area (Å²) < 4.78 is 5.27. The van der Waals surface area contributed by atoms with Crippen LogP contribution < -0.4 is 4.74 Å². The van der Waals surface area contributed by atoms with Gasteiger partial charge in [0.1, 0.15) is 5.75 Å². The summed E-state index contributed by atoms with van der Waals surface area (Å²) in [6.45, 7) is 5.97. The Morgan fingerprint density at radius 1 is 1.11 bits per heavy atom.